The number of rotatable bonds is 3. The van der Waals surface area contributed by atoms with Gasteiger partial charge in [0.1, 0.15) is 5.82 Å². The van der Waals surface area contributed by atoms with Crippen LogP contribution in [0.1, 0.15) is 4.88 Å². The van der Waals surface area contributed by atoms with Crippen molar-refractivity contribution < 1.29 is 14.3 Å². The number of carbonyl (C=O) groups is 1. The molecule has 3 nitrogen and oxygen atoms in total. The van der Waals surface area contributed by atoms with Crippen molar-refractivity contribution in [2.24, 2.45) is 0 Å². The minimum absolute atomic E-state index is 0.0366. The molecule has 0 saturated heterocycles. The van der Waals surface area contributed by atoms with E-state index in [1.165, 1.54) is 29.5 Å². The summed E-state index contributed by atoms with van der Waals surface area (Å²) in [7, 11) is 0. The average Bonchev–Trinajstić information content (AvgIpc) is 2.73. The van der Waals surface area contributed by atoms with Crippen LogP contribution in [0.25, 0.3) is 0 Å². The number of nitrogens with zero attached hydrogens (tertiary/aromatic N) is 1. The van der Waals surface area contributed by atoms with Gasteiger partial charge in [-0.1, -0.05) is 23.7 Å². The van der Waals surface area contributed by atoms with Gasteiger partial charge >= 0.3 is 6.09 Å². The average molecular weight is 286 g/mol. The van der Waals surface area contributed by atoms with Gasteiger partial charge in [-0.2, -0.15) is 0 Å². The van der Waals surface area contributed by atoms with E-state index in [2.05, 4.69) is 0 Å². The second kappa shape index (κ2) is 5.37. The van der Waals surface area contributed by atoms with Crippen molar-refractivity contribution in [3.8, 4) is 0 Å². The van der Waals surface area contributed by atoms with Gasteiger partial charge in [0.2, 0.25) is 0 Å². The lowest BCUT2D eigenvalue weighted by Crippen LogP contribution is -2.29. The zero-order chi connectivity index (χ0) is 13.1. The molecule has 0 fully saturated rings. The van der Waals surface area contributed by atoms with Crippen LogP contribution in [0.2, 0.25) is 4.34 Å². The van der Waals surface area contributed by atoms with Gasteiger partial charge in [0, 0.05) is 4.88 Å². The number of benzene rings is 1. The first kappa shape index (κ1) is 12.9. The van der Waals surface area contributed by atoms with Crippen LogP contribution in [-0.2, 0) is 6.54 Å². The van der Waals surface area contributed by atoms with Crippen molar-refractivity contribution in [3.63, 3.8) is 0 Å². The third-order valence-corrected chi connectivity index (χ3v) is 3.53. The van der Waals surface area contributed by atoms with E-state index in [0.29, 0.717) is 4.34 Å². The molecule has 18 heavy (non-hydrogen) atoms. The standard InChI is InChI=1S/C12H9ClFNO2S/c13-11-6-5-8(18-11)7-15(12(16)17)10-4-2-1-3-9(10)14/h1-6H,7H2,(H,16,17). The SMILES string of the molecule is O=C(O)N(Cc1ccc(Cl)s1)c1ccccc1F. The fraction of sp³-hybridized carbons (Fsp3) is 0.0833. The van der Waals surface area contributed by atoms with Crippen LogP contribution in [0, 0.1) is 5.82 Å². The lowest BCUT2D eigenvalue weighted by molar-refractivity contribution is 0.201. The minimum atomic E-state index is -1.20. The Morgan fingerprint density at radius 2 is 2.06 bits per heavy atom. The molecule has 1 amide bonds. The first-order valence-electron chi connectivity index (χ1n) is 5.07. The van der Waals surface area contributed by atoms with Crippen LogP contribution >= 0.6 is 22.9 Å². The van der Waals surface area contributed by atoms with Gasteiger partial charge in [-0.05, 0) is 24.3 Å². The van der Waals surface area contributed by atoms with Gasteiger partial charge in [-0.3, -0.25) is 4.90 Å². The third-order valence-electron chi connectivity index (χ3n) is 2.32. The summed E-state index contributed by atoms with van der Waals surface area (Å²) in [4.78, 5) is 12.9. The number of halogens is 2. The quantitative estimate of drug-likeness (QED) is 0.917. The second-order valence-electron chi connectivity index (χ2n) is 3.53. The molecule has 0 bridgehead atoms. The molecule has 0 aliphatic carbocycles. The maximum Gasteiger partial charge on any atom is 0.412 e. The maximum absolute atomic E-state index is 13.6. The zero-order valence-corrected chi connectivity index (χ0v) is 10.7. The molecule has 0 spiro atoms. The predicted octanol–water partition coefficient (Wildman–Crippen LogP) is 4.23. The fourth-order valence-corrected chi connectivity index (χ4v) is 2.60. The Bertz CT molecular complexity index is 573. The highest BCUT2D eigenvalue weighted by Gasteiger charge is 2.18. The first-order valence-corrected chi connectivity index (χ1v) is 6.26. The molecule has 2 rings (SSSR count). The molecule has 0 atom stereocenters. The summed E-state index contributed by atoms with van der Waals surface area (Å²) in [5.74, 6) is -0.567. The summed E-state index contributed by atoms with van der Waals surface area (Å²) in [6.45, 7) is 0.0770. The first-order chi connectivity index (χ1) is 8.58. The summed E-state index contributed by atoms with van der Waals surface area (Å²) < 4.78 is 14.2. The van der Waals surface area contributed by atoms with Crippen LogP contribution < -0.4 is 4.90 Å². The smallest absolute Gasteiger partial charge is 0.412 e. The molecule has 1 heterocycles. The molecule has 1 N–H and O–H groups in total. The van der Waals surface area contributed by atoms with Gasteiger partial charge in [0.25, 0.3) is 0 Å². The Hall–Kier alpha value is -1.59. The molecular formula is C12H9ClFNO2S. The summed E-state index contributed by atoms with van der Waals surface area (Å²) in [6, 6.07) is 9.18. The molecule has 0 aliphatic heterocycles. The molecule has 0 radical (unpaired) electrons. The number of thiophene rings is 1. The Labute approximate surface area is 112 Å². The van der Waals surface area contributed by atoms with E-state index in [4.69, 9.17) is 16.7 Å². The Morgan fingerprint density at radius 3 is 2.61 bits per heavy atom. The van der Waals surface area contributed by atoms with Gasteiger partial charge in [-0.25, -0.2) is 9.18 Å². The van der Waals surface area contributed by atoms with Gasteiger partial charge in [0.05, 0.1) is 16.6 Å². The van der Waals surface area contributed by atoms with Gasteiger partial charge < -0.3 is 5.11 Å². The van der Waals surface area contributed by atoms with Crippen molar-refractivity contribution in [1.29, 1.82) is 0 Å². The molecule has 0 unspecified atom stereocenters. The highest BCUT2D eigenvalue weighted by atomic mass is 35.5. The van der Waals surface area contributed by atoms with Crippen molar-refractivity contribution >= 4 is 34.7 Å². The van der Waals surface area contributed by atoms with E-state index in [-0.39, 0.29) is 12.2 Å². The number of para-hydroxylation sites is 1. The molecule has 0 saturated carbocycles. The molecule has 0 aliphatic rings. The highest BCUT2D eigenvalue weighted by molar-refractivity contribution is 7.16. The van der Waals surface area contributed by atoms with E-state index >= 15 is 0 Å². The number of hydrogen-bond donors (Lipinski definition) is 1. The van der Waals surface area contributed by atoms with Crippen LogP contribution in [-0.4, -0.2) is 11.2 Å². The van der Waals surface area contributed by atoms with Gasteiger partial charge in [-0.15, -0.1) is 11.3 Å². The van der Waals surface area contributed by atoms with E-state index in [0.717, 1.165) is 9.78 Å². The van der Waals surface area contributed by atoms with E-state index in [9.17, 15) is 9.18 Å². The van der Waals surface area contributed by atoms with Crippen LogP contribution in [0.5, 0.6) is 0 Å². The van der Waals surface area contributed by atoms with E-state index in [1.54, 1.807) is 18.2 Å². The monoisotopic (exact) mass is 285 g/mol. The molecule has 1 aromatic heterocycles. The Morgan fingerprint density at radius 1 is 1.33 bits per heavy atom. The fourth-order valence-electron chi connectivity index (χ4n) is 1.52. The van der Waals surface area contributed by atoms with E-state index in [1.807, 2.05) is 0 Å². The lowest BCUT2D eigenvalue weighted by atomic mass is 10.2. The number of carboxylic acid groups (broad SMARTS) is 1. The predicted molar refractivity (Wildman–Crippen MR) is 69.9 cm³/mol. The number of hydrogen-bond acceptors (Lipinski definition) is 2. The van der Waals surface area contributed by atoms with Crippen LogP contribution in [0.3, 0.4) is 0 Å². The number of amides is 1. The largest absolute Gasteiger partial charge is 0.465 e. The molecule has 6 heteroatoms. The summed E-state index contributed by atoms with van der Waals surface area (Å²) in [5.41, 5.74) is 0.0366. The number of anilines is 1. The zero-order valence-electron chi connectivity index (χ0n) is 9.14. The van der Waals surface area contributed by atoms with Crippen molar-refractivity contribution in [2.45, 2.75) is 6.54 Å². The lowest BCUT2D eigenvalue weighted by Gasteiger charge is -2.18. The van der Waals surface area contributed by atoms with Crippen molar-refractivity contribution in [2.75, 3.05) is 4.90 Å². The Kier molecular flexibility index (Phi) is 3.84. The summed E-state index contributed by atoms with van der Waals surface area (Å²) in [6.07, 6.45) is -1.20. The van der Waals surface area contributed by atoms with Crippen LogP contribution in [0.15, 0.2) is 36.4 Å². The van der Waals surface area contributed by atoms with Gasteiger partial charge in [0.15, 0.2) is 0 Å². The maximum atomic E-state index is 13.6. The normalized spacial score (nSPS) is 10.3. The van der Waals surface area contributed by atoms with Crippen LogP contribution in [0.4, 0.5) is 14.9 Å². The topological polar surface area (TPSA) is 40.5 Å². The Balaban J connectivity index is 2.30. The molecule has 1 aromatic carbocycles. The van der Waals surface area contributed by atoms with E-state index < -0.39 is 11.9 Å². The molecule has 94 valence electrons. The molecular weight excluding hydrogens is 277 g/mol. The second-order valence-corrected chi connectivity index (χ2v) is 5.33. The third kappa shape index (κ3) is 2.80. The van der Waals surface area contributed by atoms with Crippen molar-refractivity contribution in [1.82, 2.24) is 0 Å². The summed E-state index contributed by atoms with van der Waals surface area (Å²) >= 11 is 7.05. The summed E-state index contributed by atoms with van der Waals surface area (Å²) in [5, 5.41) is 9.15. The van der Waals surface area contributed by atoms with Crippen molar-refractivity contribution in [3.05, 3.63) is 51.4 Å². The highest BCUT2D eigenvalue weighted by Crippen LogP contribution is 2.26. The minimum Gasteiger partial charge on any atom is -0.465 e. The molecule has 2 aromatic rings.